The topological polar surface area (TPSA) is 102 Å². The van der Waals surface area contributed by atoms with Gasteiger partial charge in [-0.3, -0.25) is 9.71 Å². The number of rotatable bonds is 0. The third kappa shape index (κ3) is 1710. The summed E-state index contributed by atoms with van der Waals surface area (Å²) in [5.74, 6) is 0. The van der Waals surface area contributed by atoms with Gasteiger partial charge in [0.25, 0.3) is 0 Å². The van der Waals surface area contributed by atoms with E-state index < -0.39 is 0 Å². The molecule has 0 saturated carbocycles. The molecule has 0 aliphatic rings. The molecule has 0 spiro atoms. The Hall–Kier alpha value is -0.220. The molecule has 0 aromatic carbocycles. The van der Waals surface area contributed by atoms with Gasteiger partial charge in [0, 0.05) is 0 Å². The van der Waals surface area contributed by atoms with Crippen LogP contribution in [0.5, 0.6) is 0 Å². The first kappa shape index (κ1) is 15.9. The molecule has 0 atom stereocenters. The van der Waals surface area contributed by atoms with Crippen molar-refractivity contribution in [3.63, 3.8) is 0 Å². The van der Waals surface area contributed by atoms with Crippen LogP contribution in [0.15, 0.2) is 0 Å². The third-order valence-corrected chi connectivity index (χ3v) is 0. The van der Waals surface area contributed by atoms with Gasteiger partial charge < -0.3 is 16.8 Å². The van der Waals surface area contributed by atoms with Gasteiger partial charge in [-0.15, -0.1) is 0 Å². The van der Waals surface area contributed by atoms with Crippen molar-refractivity contribution in [2.75, 3.05) is 0 Å². The quantitative estimate of drug-likeness (QED) is 0.116. The van der Waals surface area contributed by atoms with Crippen LogP contribution in [-0.4, -0.2) is 6.41 Å². The minimum absolute atomic E-state index is 0. The van der Waals surface area contributed by atoms with Gasteiger partial charge in [0.2, 0.25) is 6.41 Å². The SMILES string of the molecule is NC=O.[N-]=[N+]=[N-].[Na+]. The Morgan fingerprint density at radius 1 is 1.57 bits per heavy atom. The summed E-state index contributed by atoms with van der Waals surface area (Å²) in [6.45, 7) is 0. The predicted octanol–water partition coefficient (Wildman–Crippen LogP) is -3.03. The summed E-state index contributed by atoms with van der Waals surface area (Å²) in [4.78, 5) is 10.1. The van der Waals surface area contributed by atoms with E-state index in [1.54, 1.807) is 0 Å². The van der Waals surface area contributed by atoms with Crippen LogP contribution in [0.2, 0.25) is 0 Å². The predicted molar refractivity (Wildman–Crippen MR) is 20.3 cm³/mol. The van der Waals surface area contributed by atoms with Crippen LogP contribution >= 0.6 is 0 Å². The summed E-state index contributed by atoms with van der Waals surface area (Å²) >= 11 is 0. The Morgan fingerprint density at radius 2 is 1.57 bits per heavy atom. The fourth-order valence-corrected chi connectivity index (χ4v) is 0. The largest absolute Gasteiger partial charge is 1.00 e. The summed E-state index contributed by atoms with van der Waals surface area (Å²) < 4.78 is 0. The zero-order chi connectivity index (χ0) is 5.41. The minimum Gasteiger partial charge on any atom is -0.373 e. The molecular weight excluding hydrogens is 107 g/mol. The summed E-state index contributed by atoms with van der Waals surface area (Å²) in [5.41, 5.74) is 17.7. The zero-order valence-electron chi connectivity index (χ0n) is 3.90. The maximum atomic E-state index is 8.58. The average molecular weight is 110 g/mol. The van der Waals surface area contributed by atoms with Gasteiger partial charge >= 0.3 is 29.6 Å². The normalized spacial score (nSPS) is 2.86. The fourth-order valence-electron chi connectivity index (χ4n) is 0. The number of primary amides is 1. The molecule has 1 amide bonds. The molecule has 0 aromatic heterocycles. The van der Waals surface area contributed by atoms with E-state index in [1.165, 1.54) is 4.91 Å². The first-order chi connectivity index (χ1) is 2.83. The van der Waals surface area contributed by atoms with E-state index in [4.69, 9.17) is 15.9 Å². The number of hydrogen-bond acceptors (Lipinski definition) is 1. The Bertz CT molecular complexity index is 56.7. The molecule has 6 heteroatoms. The second-order valence-electron chi connectivity index (χ2n) is 0.226. The van der Waals surface area contributed by atoms with E-state index in [1.807, 2.05) is 0 Å². The molecule has 5 nitrogen and oxygen atoms in total. The zero-order valence-corrected chi connectivity index (χ0v) is 5.90. The molecule has 0 unspecified atom stereocenters. The molecule has 2 N–H and O–H groups in total. The van der Waals surface area contributed by atoms with Crippen LogP contribution in [0.25, 0.3) is 16.0 Å². The summed E-state index contributed by atoms with van der Waals surface area (Å²) in [5, 5.41) is 0. The van der Waals surface area contributed by atoms with Crippen molar-refractivity contribution in [3.05, 3.63) is 16.0 Å². The molecule has 0 aliphatic carbocycles. The Kier molecular flexibility index (Phi) is 94.4. The summed E-state index contributed by atoms with van der Waals surface area (Å²) in [6, 6.07) is 0. The molecule has 0 saturated heterocycles. The Labute approximate surface area is 62.6 Å². The van der Waals surface area contributed by atoms with Crippen LogP contribution in [0.1, 0.15) is 0 Å². The number of amides is 1. The van der Waals surface area contributed by atoms with Crippen molar-refractivity contribution < 1.29 is 34.4 Å². The van der Waals surface area contributed by atoms with Crippen LogP contribution in [-0.2, 0) is 4.79 Å². The molecule has 0 bridgehead atoms. The molecule has 0 heterocycles. The molecule has 0 aromatic rings. The van der Waals surface area contributed by atoms with Gasteiger partial charge in [-0.05, 0) is 0 Å². The van der Waals surface area contributed by atoms with Gasteiger partial charge in [-0.1, -0.05) is 0 Å². The van der Waals surface area contributed by atoms with Crippen LogP contribution in [0.4, 0.5) is 0 Å². The minimum atomic E-state index is 0. The monoisotopic (exact) mass is 110 g/mol. The van der Waals surface area contributed by atoms with Crippen molar-refractivity contribution in [2.45, 2.75) is 0 Å². The maximum Gasteiger partial charge on any atom is 1.00 e. The van der Waals surface area contributed by atoms with E-state index in [9.17, 15) is 0 Å². The molecule has 0 aliphatic heterocycles. The van der Waals surface area contributed by atoms with Crippen molar-refractivity contribution in [3.8, 4) is 0 Å². The Morgan fingerprint density at radius 3 is 1.57 bits per heavy atom. The smallest absolute Gasteiger partial charge is 0.373 e. The third-order valence-electron chi connectivity index (χ3n) is 0. The number of nitrogens with zero attached hydrogens (tertiary/aromatic N) is 3. The van der Waals surface area contributed by atoms with Gasteiger partial charge in [-0.2, -0.15) is 0 Å². The van der Waals surface area contributed by atoms with Crippen molar-refractivity contribution >= 4 is 6.41 Å². The van der Waals surface area contributed by atoms with Gasteiger partial charge in [0.05, 0.1) is 0 Å². The fraction of sp³-hybridized carbons (Fsp3) is 0. The number of nitrogens with two attached hydrogens (primary N) is 1. The van der Waals surface area contributed by atoms with E-state index in [2.05, 4.69) is 5.73 Å². The summed E-state index contributed by atoms with van der Waals surface area (Å²) in [6.07, 6.45) is 0.250. The van der Waals surface area contributed by atoms with Crippen molar-refractivity contribution in [1.82, 2.24) is 0 Å². The first-order valence-electron chi connectivity index (χ1n) is 0.969. The number of hydrogen-bond donors (Lipinski definition) is 1. The average Bonchev–Trinajstić information content (AvgIpc) is 1.39. The van der Waals surface area contributed by atoms with Crippen LogP contribution in [0.3, 0.4) is 0 Å². The standard InChI is InChI=1S/CH3NO.N3.Na/c2-1-3;1-3-2;/h1H,(H2,2,3);;/q;-1;+1. The number of carbonyl (C=O) groups excluding carboxylic acids is 1. The summed E-state index contributed by atoms with van der Waals surface area (Å²) in [7, 11) is 0. The Balaban J connectivity index is -0.0000000400. The van der Waals surface area contributed by atoms with E-state index in [-0.39, 0.29) is 36.0 Å². The van der Waals surface area contributed by atoms with Gasteiger partial charge in [-0.25, -0.2) is 0 Å². The van der Waals surface area contributed by atoms with E-state index in [0.717, 1.165) is 0 Å². The maximum absolute atomic E-state index is 8.58. The van der Waals surface area contributed by atoms with Crippen LogP contribution in [0, 0.1) is 0 Å². The second-order valence-corrected chi connectivity index (χ2v) is 0.226. The van der Waals surface area contributed by atoms with Crippen molar-refractivity contribution in [2.24, 2.45) is 5.73 Å². The molecule has 0 radical (unpaired) electrons. The molecule has 7 heavy (non-hydrogen) atoms. The second kappa shape index (κ2) is 41.7. The number of carbonyl (C=O) groups is 1. The van der Waals surface area contributed by atoms with E-state index in [0.29, 0.717) is 0 Å². The van der Waals surface area contributed by atoms with Crippen molar-refractivity contribution in [1.29, 1.82) is 0 Å². The van der Waals surface area contributed by atoms with Gasteiger partial charge in [0.15, 0.2) is 0 Å². The van der Waals surface area contributed by atoms with Crippen LogP contribution < -0.4 is 35.3 Å². The molecule has 0 fully saturated rings. The molecule has 34 valence electrons. The van der Waals surface area contributed by atoms with E-state index >= 15 is 0 Å². The first-order valence-corrected chi connectivity index (χ1v) is 0.969. The molecular formula is CH3N4NaO. The van der Waals surface area contributed by atoms with Gasteiger partial charge in [0.1, 0.15) is 0 Å². The molecule has 0 rings (SSSR count).